The summed E-state index contributed by atoms with van der Waals surface area (Å²) >= 11 is 3.63. The molecule has 19 heavy (non-hydrogen) atoms. The third kappa shape index (κ3) is 4.23. The number of amides is 1. The molecule has 0 bridgehead atoms. The first-order valence-electron chi connectivity index (χ1n) is 6.71. The number of ether oxygens (including phenoxy) is 1. The van der Waals surface area contributed by atoms with E-state index >= 15 is 0 Å². The highest BCUT2D eigenvalue weighted by molar-refractivity contribution is 9.09. The van der Waals surface area contributed by atoms with Crippen molar-refractivity contribution in [2.75, 3.05) is 13.7 Å². The highest BCUT2D eigenvalue weighted by Crippen LogP contribution is 2.30. The van der Waals surface area contributed by atoms with Crippen LogP contribution in [0, 0.1) is 5.92 Å². The topological polar surface area (TPSA) is 38.3 Å². The van der Waals surface area contributed by atoms with Crippen LogP contribution >= 0.6 is 15.9 Å². The highest BCUT2D eigenvalue weighted by atomic mass is 79.9. The molecule has 2 rings (SSSR count). The molecular formula is C15H20BrNO2. The number of nitrogens with one attached hydrogen (secondary N) is 1. The Kier molecular flexibility index (Phi) is 5.25. The maximum absolute atomic E-state index is 11.9. The Morgan fingerprint density at radius 1 is 1.42 bits per heavy atom. The van der Waals surface area contributed by atoms with Gasteiger partial charge in [0.05, 0.1) is 13.5 Å². The van der Waals surface area contributed by atoms with Crippen LogP contribution in [0.3, 0.4) is 0 Å². The Labute approximate surface area is 122 Å². The van der Waals surface area contributed by atoms with Crippen molar-refractivity contribution in [3.05, 3.63) is 29.8 Å². The van der Waals surface area contributed by atoms with E-state index in [9.17, 15) is 4.79 Å². The molecule has 1 amide bonds. The van der Waals surface area contributed by atoms with E-state index in [0.29, 0.717) is 17.2 Å². The molecule has 0 saturated heterocycles. The van der Waals surface area contributed by atoms with E-state index in [2.05, 4.69) is 21.2 Å². The predicted octanol–water partition coefficient (Wildman–Crippen LogP) is 2.92. The summed E-state index contributed by atoms with van der Waals surface area (Å²) in [6.07, 6.45) is 3.96. The molecule has 0 radical (unpaired) electrons. The lowest BCUT2D eigenvalue weighted by atomic mass is 10.1. The maximum atomic E-state index is 11.9. The fraction of sp³-hybridized carbons (Fsp3) is 0.533. The van der Waals surface area contributed by atoms with Gasteiger partial charge < -0.3 is 10.1 Å². The van der Waals surface area contributed by atoms with Crippen LogP contribution in [-0.2, 0) is 11.2 Å². The molecule has 1 aromatic rings. The number of carbonyl (C=O) groups is 1. The van der Waals surface area contributed by atoms with Crippen LogP contribution in [0.2, 0.25) is 0 Å². The minimum absolute atomic E-state index is 0.0718. The molecule has 0 aliphatic heterocycles. The smallest absolute Gasteiger partial charge is 0.224 e. The van der Waals surface area contributed by atoms with Gasteiger partial charge in [0.25, 0.3) is 0 Å². The van der Waals surface area contributed by atoms with Crippen molar-refractivity contribution in [1.82, 2.24) is 5.32 Å². The minimum Gasteiger partial charge on any atom is -0.496 e. The van der Waals surface area contributed by atoms with Gasteiger partial charge in [0.15, 0.2) is 0 Å². The zero-order chi connectivity index (χ0) is 13.7. The van der Waals surface area contributed by atoms with E-state index < -0.39 is 0 Å². The van der Waals surface area contributed by atoms with Crippen LogP contribution in [0.5, 0.6) is 5.75 Å². The number of rotatable bonds is 5. The average Bonchev–Trinajstić information content (AvgIpc) is 2.83. The molecule has 1 N–H and O–H groups in total. The number of para-hydroxylation sites is 1. The molecule has 3 nitrogen and oxygen atoms in total. The van der Waals surface area contributed by atoms with Gasteiger partial charge in [-0.3, -0.25) is 4.79 Å². The molecule has 1 aromatic carbocycles. The summed E-state index contributed by atoms with van der Waals surface area (Å²) in [5.74, 6) is 1.47. The second kappa shape index (κ2) is 6.94. The second-order valence-electron chi connectivity index (χ2n) is 5.07. The molecule has 0 heterocycles. The number of benzene rings is 1. The second-order valence-corrected chi connectivity index (χ2v) is 6.36. The first-order valence-corrected chi connectivity index (χ1v) is 7.63. The summed E-state index contributed by atoms with van der Waals surface area (Å²) in [6.45, 7) is 0.788. The number of carbonyl (C=O) groups excluding carboxylic acids is 1. The third-order valence-corrected chi connectivity index (χ3v) is 4.44. The van der Waals surface area contributed by atoms with E-state index in [4.69, 9.17) is 4.74 Å². The largest absolute Gasteiger partial charge is 0.496 e. The van der Waals surface area contributed by atoms with Crippen LogP contribution in [-0.4, -0.2) is 24.4 Å². The fourth-order valence-electron chi connectivity index (χ4n) is 2.54. The predicted molar refractivity (Wildman–Crippen MR) is 79.8 cm³/mol. The van der Waals surface area contributed by atoms with E-state index in [1.165, 1.54) is 12.8 Å². The number of hydrogen-bond donors (Lipinski definition) is 1. The molecule has 0 spiro atoms. The van der Waals surface area contributed by atoms with E-state index in [-0.39, 0.29) is 5.91 Å². The lowest BCUT2D eigenvalue weighted by Gasteiger charge is -2.12. The number of methoxy groups -OCH3 is 1. The van der Waals surface area contributed by atoms with Crippen LogP contribution < -0.4 is 10.1 Å². The fourth-order valence-corrected chi connectivity index (χ4v) is 3.33. The lowest BCUT2D eigenvalue weighted by Crippen LogP contribution is -2.29. The van der Waals surface area contributed by atoms with Gasteiger partial charge in [-0.15, -0.1) is 0 Å². The summed E-state index contributed by atoms with van der Waals surface area (Å²) in [5, 5.41) is 3.03. The van der Waals surface area contributed by atoms with Gasteiger partial charge in [0, 0.05) is 16.9 Å². The van der Waals surface area contributed by atoms with E-state index in [1.54, 1.807) is 7.11 Å². The number of hydrogen-bond acceptors (Lipinski definition) is 2. The quantitative estimate of drug-likeness (QED) is 0.845. The first-order chi connectivity index (χ1) is 9.19. The molecular weight excluding hydrogens is 306 g/mol. The van der Waals surface area contributed by atoms with E-state index in [1.807, 2.05) is 24.3 Å². The zero-order valence-corrected chi connectivity index (χ0v) is 12.8. The van der Waals surface area contributed by atoms with Gasteiger partial charge in [-0.2, -0.15) is 0 Å². The lowest BCUT2D eigenvalue weighted by molar-refractivity contribution is -0.120. The molecule has 0 aromatic heterocycles. The minimum atomic E-state index is 0.0718. The Bertz CT molecular complexity index is 436. The summed E-state index contributed by atoms with van der Waals surface area (Å²) in [5.41, 5.74) is 0.937. The van der Waals surface area contributed by atoms with Crippen molar-refractivity contribution in [1.29, 1.82) is 0 Å². The maximum Gasteiger partial charge on any atom is 0.224 e. The number of halogens is 1. The van der Waals surface area contributed by atoms with Crippen LogP contribution in [0.25, 0.3) is 0 Å². The summed E-state index contributed by atoms with van der Waals surface area (Å²) in [7, 11) is 1.63. The summed E-state index contributed by atoms with van der Waals surface area (Å²) < 4.78 is 5.25. The third-order valence-electron chi connectivity index (χ3n) is 3.61. The van der Waals surface area contributed by atoms with Gasteiger partial charge in [-0.05, 0) is 31.2 Å². The van der Waals surface area contributed by atoms with Gasteiger partial charge in [0.2, 0.25) is 5.91 Å². The molecule has 1 fully saturated rings. The van der Waals surface area contributed by atoms with Crippen molar-refractivity contribution in [2.45, 2.75) is 30.5 Å². The Hall–Kier alpha value is -1.03. The normalized spacial score (nSPS) is 22.2. The molecule has 1 aliphatic carbocycles. The molecule has 2 unspecified atom stereocenters. The Morgan fingerprint density at radius 2 is 2.21 bits per heavy atom. The van der Waals surface area contributed by atoms with Gasteiger partial charge in [-0.25, -0.2) is 0 Å². The van der Waals surface area contributed by atoms with Crippen molar-refractivity contribution >= 4 is 21.8 Å². The molecule has 104 valence electrons. The molecule has 4 heteroatoms. The number of alkyl halides is 1. The molecule has 1 aliphatic rings. The summed E-state index contributed by atoms with van der Waals surface area (Å²) in [4.78, 5) is 12.6. The highest BCUT2D eigenvalue weighted by Gasteiger charge is 2.22. The van der Waals surface area contributed by atoms with Crippen molar-refractivity contribution < 1.29 is 9.53 Å². The van der Waals surface area contributed by atoms with Crippen molar-refractivity contribution in [3.8, 4) is 5.75 Å². The van der Waals surface area contributed by atoms with Gasteiger partial charge >= 0.3 is 0 Å². The van der Waals surface area contributed by atoms with Crippen molar-refractivity contribution in [2.24, 2.45) is 5.92 Å². The van der Waals surface area contributed by atoms with Crippen LogP contribution in [0.4, 0.5) is 0 Å². The molecule has 2 atom stereocenters. The average molecular weight is 326 g/mol. The SMILES string of the molecule is COc1ccccc1CC(=O)NCC1CCC(Br)C1. The van der Waals surface area contributed by atoms with Crippen molar-refractivity contribution in [3.63, 3.8) is 0 Å². The molecule has 1 saturated carbocycles. The zero-order valence-electron chi connectivity index (χ0n) is 11.2. The Balaban J connectivity index is 1.81. The van der Waals surface area contributed by atoms with Crippen LogP contribution in [0.15, 0.2) is 24.3 Å². The monoisotopic (exact) mass is 325 g/mol. The summed E-state index contributed by atoms with van der Waals surface area (Å²) in [6, 6.07) is 7.66. The van der Waals surface area contributed by atoms with Gasteiger partial charge in [0.1, 0.15) is 5.75 Å². The Morgan fingerprint density at radius 3 is 2.89 bits per heavy atom. The first kappa shape index (κ1) is 14.4. The standard InChI is InChI=1S/C15H20BrNO2/c1-19-14-5-3-2-4-12(14)9-15(18)17-10-11-6-7-13(16)8-11/h2-5,11,13H,6-10H2,1H3,(H,17,18). The van der Waals surface area contributed by atoms with Crippen LogP contribution in [0.1, 0.15) is 24.8 Å². The van der Waals surface area contributed by atoms with E-state index in [0.717, 1.165) is 24.3 Å². The van der Waals surface area contributed by atoms with Gasteiger partial charge in [-0.1, -0.05) is 34.1 Å².